The van der Waals surface area contributed by atoms with Gasteiger partial charge in [-0.2, -0.15) is 0 Å². The van der Waals surface area contributed by atoms with E-state index in [9.17, 15) is 0 Å². The molecule has 1 aliphatic carbocycles. The minimum absolute atomic E-state index is 0.838. The van der Waals surface area contributed by atoms with Crippen LogP contribution in [0.3, 0.4) is 0 Å². The van der Waals surface area contributed by atoms with Crippen LogP contribution in [0.5, 0.6) is 0 Å². The van der Waals surface area contributed by atoms with Crippen molar-refractivity contribution in [1.29, 1.82) is 0 Å². The topological polar surface area (TPSA) is 0 Å². The van der Waals surface area contributed by atoms with E-state index < -0.39 is 0 Å². The number of hydrogen-bond donors (Lipinski definition) is 0. The maximum atomic E-state index is 5.71. The van der Waals surface area contributed by atoms with E-state index >= 15 is 0 Å². The SMILES string of the molecule is ClCCC1CCC(CCCl)CC1. The van der Waals surface area contributed by atoms with Crippen LogP contribution in [0.15, 0.2) is 0 Å². The smallest absolute Gasteiger partial charge is 0.0226 e. The van der Waals surface area contributed by atoms with E-state index in [1.54, 1.807) is 0 Å². The highest BCUT2D eigenvalue weighted by molar-refractivity contribution is 6.18. The molecule has 12 heavy (non-hydrogen) atoms. The maximum absolute atomic E-state index is 5.71. The Labute approximate surface area is 85.6 Å². The van der Waals surface area contributed by atoms with Crippen molar-refractivity contribution in [2.24, 2.45) is 11.8 Å². The lowest BCUT2D eigenvalue weighted by atomic mass is 9.80. The van der Waals surface area contributed by atoms with Crippen LogP contribution in [0.4, 0.5) is 0 Å². The molecule has 1 saturated carbocycles. The van der Waals surface area contributed by atoms with Gasteiger partial charge in [0.25, 0.3) is 0 Å². The molecular weight excluding hydrogens is 191 g/mol. The molecule has 0 spiro atoms. The zero-order chi connectivity index (χ0) is 8.81. The van der Waals surface area contributed by atoms with Crippen LogP contribution >= 0.6 is 23.2 Å². The first-order chi connectivity index (χ1) is 5.86. The van der Waals surface area contributed by atoms with Crippen LogP contribution in [-0.2, 0) is 0 Å². The van der Waals surface area contributed by atoms with E-state index in [2.05, 4.69) is 0 Å². The lowest BCUT2D eigenvalue weighted by Gasteiger charge is -2.27. The summed E-state index contributed by atoms with van der Waals surface area (Å²) in [6.07, 6.45) is 7.97. The summed E-state index contributed by atoms with van der Waals surface area (Å²) >= 11 is 11.4. The first kappa shape index (κ1) is 10.7. The molecule has 0 bridgehead atoms. The Balaban J connectivity index is 2.11. The van der Waals surface area contributed by atoms with Gasteiger partial charge in [0.05, 0.1) is 0 Å². The Bertz CT molecular complexity index is 92.4. The Morgan fingerprint density at radius 1 is 0.750 bits per heavy atom. The normalized spacial score (nSPS) is 30.5. The van der Waals surface area contributed by atoms with Crippen LogP contribution in [-0.4, -0.2) is 11.8 Å². The van der Waals surface area contributed by atoms with Crippen LogP contribution in [0.25, 0.3) is 0 Å². The van der Waals surface area contributed by atoms with Crippen molar-refractivity contribution in [2.45, 2.75) is 38.5 Å². The lowest BCUT2D eigenvalue weighted by molar-refractivity contribution is 0.266. The molecule has 0 aromatic rings. The highest BCUT2D eigenvalue weighted by Crippen LogP contribution is 2.32. The molecule has 0 saturated heterocycles. The summed E-state index contributed by atoms with van der Waals surface area (Å²) in [4.78, 5) is 0. The minimum atomic E-state index is 0.838. The molecule has 1 fully saturated rings. The molecule has 1 aliphatic rings. The zero-order valence-corrected chi connectivity index (χ0v) is 9.08. The van der Waals surface area contributed by atoms with Gasteiger partial charge >= 0.3 is 0 Å². The van der Waals surface area contributed by atoms with Gasteiger partial charge in [0.15, 0.2) is 0 Å². The van der Waals surface area contributed by atoms with Crippen LogP contribution in [0.1, 0.15) is 38.5 Å². The summed E-state index contributed by atoms with van der Waals surface area (Å²) in [7, 11) is 0. The third-order valence-electron chi connectivity index (χ3n) is 3.00. The molecule has 0 atom stereocenters. The molecule has 0 unspecified atom stereocenters. The maximum Gasteiger partial charge on any atom is 0.0226 e. The molecule has 0 aromatic heterocycles. The molecule has 0 amide bonds. The summed E-state index contributed by atoms with van der Waals surface area (Å²) < 4.78 is 0. The molecule has 0 nitrogen and oxygen atoms in total. The van der Waals surface area contributed by atoms with Gasteiger partial charge in [-0.1, -0.05) is 25.7 Å². The molecule has 0 N–H and O–H groups in total. The quantitative estimate of drug-likeness (QED) is 0.612. The van der Waals surface area contributed by atoms with Gasteiger partial charge in [-0.05, 0) is 24.7 Å². The molecule has 0 heterocycles. The highest BCUT2D eigenvalue weighted by atomic mass is 35.5. The average Bonchev–Trinajstić information content (AvgIpc) is 2.09. The molecule has 0 radical (unpaired) electrons. The second-order valence-corrected chi connectivity index (χ2v) is 4.60. The second-order valence-electron chi connectivity index (χ2n) is 3.84. The summed E-state index contributed by atoms with van der Waals surface area (Å²) in [5, 5.41) is 0. The van der Waals surface area contributed by atoms with Gasteiger partial charge in [-0.25, -0.2) is 0 Å². The van der Waals surface area contributed by atoms with Gasteiger partial charge in [0, 0.05) is 11.8 Å². The standard InChI is InChI=1S/C10H18Cl2/c11-7-5-9-1-2-10(4-3-9)6-8-12/h9-10H,1-8H2. The predicted molar refractivity (Wildman–Crippen MR) is 56.1 cm³/mol. The van der Waals surface area contributed by atoms with Crippen LogP contribution in [0.2, 0.25) is 0 Å². The Morgan fingerprint density at radius 3 is 1.33 bits per heavy atom. The van der Waals surface area contributed by atoms with E-state index in [1.807, 2.05) is 0 Å². The molecule has 2 heteroatoms. The second kappa shape index (κ2) is 6.10. The van der Waals surface area contributed by atoms with E-state index in [0.29, 0.717) is 0 Å². The third kappa shape index (κ3) is 3.53. The van der Waals surface area contributed by atoms with Crippen molar-refractivity contribution in [2.75, 3.05) is 11.8 Å². The van der Waals surface area contributed by atoms with E-state index in [1.165, 1.54) is 38.5 Å². The third-order valence-corrected chi connectivity index (χ3v) is 3.44. The van der Waals surface area contributed by atoms with E-state index in [-0.39, 0.29) is 0 Å². The lowest BCUT2D eigenvalue weighted by Crippen LogP contribution is -2.15. The van der Waals surface area contributed by atoms with Crippen LogP contribution < -0.4 is 0 Å². The fraction of sp³-hybridized carbons (Fsp3) is 1.00. The van der Waals surface area contributed by atoms with Crippen molar-refractivity contribution in [3.05, 3.63) is 0 Å². The summed E-state index contributed by atoms with van der Waals surface area (Å²) in [6, 6.07) is 0. The fourth-order valence-electron chi connectivity index (χ4n) is 2.12. The molecule has 1 rings (SSSR count). The largest absolute Gasteiger partial charge is 0.127 e. The predicted octanol–water partition coefficient (Wildman–Crippen LogP) is 4.05. The van der Waals surface area contributed by atoms with Gasteiger partial charge in [0.1, 0.15) is 0 Å². The number of alkyl halides is 2. The first-order valence-electron chi connectivity index (χ1n) is 4.98. The molecule has 72 valence electrons. The zero-order valence-electron chi connectivity index (χ0n) is 7.57. The van der Waals surface area contributed by atoms with Crippen molar-refractivity contribution in [3.63, 3.8) is 0 Å². The van der Waals surface area contributed by atoms with E-state index in [0.717, 1.165) is 23.6 Å². The Hall–Kier alpha value is 0.580. The fourth-order valence-corrected chi connectivity index (χ4v) is 2.73. The Morgan fingerprint density at radius 2 is 1.08 bits per heavy atom. The van der Waals surface area contributed by atoms with Gasteiger partial charge in [0.2, 0.25) is 0 Å². The monoisotopic (exact) mass is 208 g/mol. The highest BCUT2D eigenvalue weighted by Gasteiger charge is 2.19. The Kier molecular flexibility index (Phi) is 5.42. The van der Waals surface area contributed by atoms with Crippen molar-refractivity contribution >= 4 is 23.2 Å². The average molecular weight is 209 g/mol. The molecular formula is C10H18Cl2. The van der Waals surface area contributed by atoms with Gasteiger partial charge in [-0.15, -0.1) is 23.2 Å². The minimum Gasteiger partial charge on any atom is -0.127 e. The molecule has 0 aromatic carbocycles. The number of rotatable bonds is 4. The van der Waals surface area contributed by atoms with Crippen molar-refractivity contribution < 1.29 is 0 Å². The molecule has 0 aliphatic heterocycles. The van der Waals surface area contributed by atoms with Gasteiger partial charge < -0.3 is 0 Å². The summed E-state index contributed by atoms with van der Waals surface area (Å²) in [6.45, 7) is 0. The summed E-state index contributed by atoms with van der Waals surface area (Å²) in [5.41, 5.74) is 0. The van der Waals surface area contributed by atoms with Crippen molar-refractivity contribution in [3.8, 4) is 0 Å². The number of halogens is 2. The summed E-state index contributed by atoms with van der Waals surface area (Å²) in [5.74, 6) is 3.50. The van der Waals surface area contributed by atoms with Crippen LogP contribution in [0, 0.1) is 11.8 Å². The van der Waals surface area contributed by atoms with Gasteiger partial charge in [-0.3, -0.25) is 0 Å². The van der Waals surface area contributed by atoms with E-state index in [4.69, 9.17) is 23.2 Å². The van der Waals surface area contributed by atoms with Crippen molar-refractivity contribution in [1.82, 2.24) is 0 Å². The first-order valence-corrected chi connectivity index (χ1v) is 6.05. The number of hydrogen-bond acceptors (Lipinski definition) is 0.